The minimum absolute atomic E-state index is 0.0971. The van der Waals surface area contributed by atoms with Gasteiger partial charge >= 0.3 is 0 Å². The van der Waals surface area contributed by atoms with Crippen molar-refractivity contribution in [3.05, 3.63) is 168 Å². The Kier molecular flexibility index (Phi) is 6.35. The van der Waals surface area contributed by atoms with Crippen molar-refractivity contribution in [3.8, 4) is 16.8 Å². The highest BCUT2D eigenvalue weighted by atomic mass is 15.0. The standard InChI is InChI=1S/C38H31N3/c39-34-15-7-4-14-33(34)37(28-20-18-27(19-21-28)26-10-2-1-3-11-26)38(40)29-22-24-30(25-23-29)41-35-16-8-5-12-31(35)32-13-6-9-17-36(32)41/h1-25,37-38H,39-40H2/t37?,38-/m0/s1. The van der Waals surface area contributed by atoms with Gasteiger partial charge in [-0.3, -0.25) is 0 Å². The summed E-state index contributed by atoms with van der Waals surface area (Å²) in [4.78, 5) is 0. The van der Waals surface area contributed by atoms with Gasteiger partial charge in [-0.1, -0.05) is 121 Å². The third-order valence-corrected chi connectivity index (χ3v) is 8.18. The summed E-state index contributed by atoms with van der Waals surface area (Å²) in [5.41, 5.74) is 23.5. The zero-order chi connectivity index (χ0) is 27.8. The highest BCUT2D eigenvalue weighted by molar-refractivity contribution is 6.09. The molecule has 0 aliphatic rings. The van der Waals surface area contributed by atoms with E-state index in [4.69, 9.17) is 11.5 Å². The lowest BCUT2D eigenvalue weighted by Crippen LogP contribution is -2.22. The van der Waals surface area contributed by atoms with Gasteiger partial charge in [-0.25, -0.2) is 0 Å². The van der Waals surface area contributed by atoms with Crippen molar-refractivity contribution in [1.82, 2.24) is 4.57 Å². The van der Waals surface area contributed by atoms with E-state index in [1.54, 1.807) is 0 Å². The van der Waals surface area contributed by atoms with Crippen molar-refractivity contribution in [2.24, 2.45) is 5.73 Å². The molecule has 3 nitrogen and oxygen atoms in total. The molecule has 2 atom stereocenters. The zero-order valence-electron chi connectivity index (χ0n) is 22.7. The second-order valence-electron chi connectivity index (χ2n) is 10.6. The molecule has 3 heteroatoms. The molecule has 4 N–H and O–H groups in total. The first-order chi connectivity index (χ1) is 20.2. The lowest BCUT2D eigenvalue weighted by molar-refractivity contribution is 0.631. The molecule has 0 saturated heterocycles. The van der Waals surface area contributed by atoms with Crippen LogP contribution < -0.4 is 11.5 Å². The van der Waals surface area contributed by atoms with Crippen molar-refractivity contribution in [2.45, 2.75) is 12.0 Å². The molecular formula is C38H31N3. The highest BCUT2D eigenvalue weighted by Crippen LogP contribution is 2.39. The number of nitrogen functional groups attached to an aromatic ring is 1. The van der Waals surface area contributed by atoms with Crippen LogP contribution in [0.2, 0.25) is 0 Å². The molecule has 0 aliphatic heterocycles. The summed E-state index contributed by atoms with van der Waals surface area (Å²) in [7, 11) is 0. The summed E-state index contributed by atoms with van der Waals surface area (Å²) in [6.07, 6.45) is 0. The summed E-state index contributed by atoms with van der Waals surface area (Å²) < 4.78 is 2.33. The average Bonchev–Trinajstić information content (AvgIpc) is 3.37. The second kappa shape index (κ2) is 10.5. The van der Waals surface area contributed by atoms with Crippen molar-refractivity contribution >= 4 is 27.5 Å². The van der Waals surface area contributed by atoms with Gasteiger partial charge in [0.1, 0.15) is 0 Å². The highest BCUT2D eigenvalue weighted by Gasteiger charge is 2.25. The Morgan fingerprint density at radius 2 is 0.976 bits per heavy atom. The van der Waals surface area contributed by atoms with E-state index in [0.717, 1.165) is 28.1 Å². The molecule has 0 saturated carbocycles. The number of para-hydroxylation sites is 3. The number of rotatable bonds is 6. The van der Waals surface area contributed by atoms with Crippen molar-refractivity contribution < 1.29 is 0 Å². The van der Waals surface area contributed by atoms with Crippen LogP contribution in [-0.4, -0.2) is 4.57 Å². The minimum atomic E-state index is -0.283. The summed E-state index contributed by atoms with van der Waals surface area (Å²) in [5, 5.41) is 2.50. The predicted molar refractivity (Wildman–Crippen MR) is 172 cm³/mol. The summed E-state index contributed by atoms with van der Waals surface area (Å²) >= 11 is 0. The topological polar surface area (TPSA) is 57.0 Å². The first kappa shape index (κ1) is 24.9. The van der Waals surface area contributed by atoms with Crippen LogP contribution in [0.4, 0.5) is 5.69 Å². The molecule has 0 fully saturated rings. The third kappa shape index (κ3) is 4.47. The first-order valence-electron chi connectivity index (χ1n) is 14.0. The van der Waals surface area contributed by atoms with E-state index in [1.807, 2.05) is 24.3 Å². The molecule has 1 heterocycles. The van der Waals surface area contributed by atoms with Gasteiger partial charge < -0.3 is 16.0 Å². The van der Waals surface area contributed by atoms with Crippen LogP contribution in [0.15, 0.2) is 152 Å². The van der Waals surface area contributed by atoms with Crippen molar-refractivity contribution in [3.63, 3.8) is 0 Å². The normalized spacial score (nSPS) is 12.9. The van der Waals surface area contributed by atoms with Gasteiger partial charge in [0.2, 0.25) is 0 Å². The van der Waals surface area contributed by atoms with E-state index >= 15 is 0 Å². The predicted octanol–water partition coefficient (Wildman–Crippen LogP) is 8.86. The fourth-order valence-corrected chi connectivity index (χ4v) is 6.13. The van der Waals surface area contributed by atoms with E-state index in [9.17, 15) is 0 Å². The fourth-order valence-electron chi connectivity index (χ4n) is 6.13. The summed E-state index contributed by atoms with van der Waals surface area (Å²) in [6, 6.07) is 52.8. The van der Waals surface area contributed by atoms with Gasteiger partial charge in [0.05, 0.1) is 11.0 Å². The quantitative estimate of drug-likeness (QED) is 0.211. The Hall–Kier alpha value is -5.12. The van der Waals surface area contributed by atoms with Crippen LogP contribution >= 0.6 is 0 Å². The van der Waals surface area contributed by atoms with Crippen molar-refractivity contribution in [2.75, 3.05) is 5.73 Å². The molecule has 198 valence electrons. The number of nitrogens with zero attached hydrogens (tertiary/aromatic N) is 1. The van der Waals surface area contributed by atoms with E-state index in [-0.39, 0.29) is 12.0 Å². The minimum Gasteiger partial charge on any atom is -0.398 e. The van der Waals surface area contributed by atoms with Gasteiger partial charge in [-0.15, -0.1) is 0 Å². The molecule has 6 aromatic carbocycles. The third-order valence-electron chi connectivity index (χ3n) is 8.18. The summed E-state index contributed by atoms with van der Waals surface area (Å²) in [6.45, 7) is 0. The van der Waals surface area contributed by atoms with Gasteiger partial charge in [0.25, 0.3) is 0 Å². The van der Waals surface area contributed by atoms with E-state index in [2.05, 4.69) is 132 Å². The zero-order valence-corrected chi connectivity index (χ0v) is 22.7. The molecule has 0 bridgehead atoms. The molecule has 7 aromatic rings. The van der Waals surface area contributed by atoms with E-state index in [0.29, 0.717) is 0 Å². The van der Waals surface area contributed by atoms with E-state index in [1.165, 1.54) is 32.9 Å². The molecule has 0 spiro atoms. The maximum atomic E-state index is 7.11. The van der Waals surface area contributed by atoms with Gasteiger partial charge in [-0.05, 0) is 58.1 Å². The number of hydrogen-bond acceptors (Lipinski definition) is 2. The summed E-state index contributed by atoms with van der Waals surface area (Å²) in [5.74, 6) is -0.0971. The van der Waals surface area contributed by atoms with E-state index < -0.39 is 0 Å². The van der Waals surface area contributed by atoms with Crippen molar-refractivity contribution in [1.29, 1.82) is 0 Å². The molecule has 1 unspecified atom stereocenters. The Labute approximate surface area is 240 Å². The number of hydrogen-bond donors (Lipinski definition) is 2. The van der Waals surface area contributed by atoms with Crippen LogP contribution in [0.1, 0.15) is 28.7 Å². The van der Waals surface area contributed by atoms with Crippen LogP contribution in [0, 0.1) is 0 Å². The Morgan fingerprint density at radius 1 is 0.463 bits per heavy atom. The Balaban J connectivity index is 1.28. The number of anilines is 1. The molecule has 0 radical (unpaired) electrons. The number of nitrogens with two attached hydrogens (primary N) is 2. The van der Waals surface area contributed by atoms with Crippen LogP contribution in [0.5, 0.6) is 0 Å². The lowest BCUT2D eigenvalue weighted by Gasteiger charge is -2.27. The van der Waals surface area contributed by atoms with Crippen LogP contribution in [-0.2, 0) is 0 Å². The monoisotopic (exact) mass is 529 g/mol. The number of fused-ring (bicyclic) bond motifs is 3. The molecule has 1 aromatic heterocycles. The first-order valence-corrected chi connectivity index (χ1v) is 14.0. The Morgan fingerprint density at radius 3 is 1.61 bits per heavy atom. The number of benzene rings is 6. The molecule has 7 rings (SSSR count). The fraction of sp³-hybridized carbons (Fsp3) is 0.0526. The largest absolute Gasteiger partial charge is 0.398 e. The molecule has 41 heavy (non-hydrogen) atoms. The van der Waals surface area contributed by atoms with Crippen LogP contribution in [0.25, 0.3) is 38.6 Å². The number of aromatic nitrogens is 1. The SMILES string of the molecule is Nc1ccccc1C(c1ccc(-c2ccccc2)cc1)[C@@H](N)c1ccc(-n2c3ccccc3c3ccccc32)cc1. The maximum absolute atomic E-state index is 7.11. The van der Waals surface area contributed by atoms with Gasteiger partial charge in [0, 0.05) is 34.1 Å². The maximum Gasteiger partial charge on any atom is 0.0541 e. The molecule has 0 amide bonds. The molecule has 0 aliphatic carbocycles. The average molecular weight is 530 g/mol. The van der Waals surface area contributed by atoms with Gasteiger partial charge in [-0.2, -0.15) is 0 Å². The van der Waals surface area contributed by atoms with Crippen LogP contribution in [0.3, 0.4) is 0 Å². The van der Waals surface area contributed by atoms with Gasteiger partial charge in [0.15, 0.2) is 0 Å². The smallest absolute Gasteiger partial charge is 0.0541 e. The molecular weight excluding hydrogens is 498 g/mol. The second-order valence-corrected chi connectivity index (χ2v) is 10.6. The Bertz CT molecular complexity index is 1900. The lowest BCUT2D eigenvalue weighted by atomic mass is 9.81.